The molecule has 4 aliphatic rings. The molecule has 1 N–H and O–H groups in total. The molecule has 4 aliphatic carbocycles. The molecule has 0 amide bonds. The molecule has 20 heavy (non-hydrogen) atoms. The monoisotopic (exact) mass is 273 g/mol. The second-order valence-electron chi connectivity index (χ2n) is 7.89. The Bertz CT molecular complexity index is 454. The van der Waals surface area contributed by atoms with Crippen LogP contribution in [0, 0.1) is 30.1 Å². The molecule has 0 unspecified atom stereocenters. The summed E-state index contributed by atoms with van der Waals surface area (Å²) in [5, 5.41) is 3.78. The second-order valence-corrected chi connectivity index (χ2v) is 7.89. The summed E-state index contributed by atoms with van der Waals surface area (Å²) < 4.78 is 5.69. The Hall–Kier alpha value is -0.760. The van der Waals surface area contributed by atoms with E-state index in [1.807, 2.05) is 6.92 Å². The molecule has 4 bridgehead atoms. The van der Waals surface area contributed by atoms with Gasteiger partial charge in [-0.25, -0.2) is 0 Å². The van der Waals surface area contributed by atoms with Crippen LogP contribution in [0.3, 0.4) is 0 Å². The molecule has 0 aliphatic heterocycles. The van der Waals surface area contributed by atoms with Gasteiger partial charge in [0.05, 0.1) is 6.54 Å². The van der Waals surface area contributed by atoms with E-state index in [1.165, 1.54) is 38.5 Å². The first-order chi connectivity index (χ1) is 9.63. The van der Waals surface area contributed by atoms with Gasteiger partial charge in [-0.2, -0.15) is 0 Å². The Labute approximate surface area is 122 Å². The van der Waals surface area contributed by atoms with Crippen LogP contribution >= 0.6 is 0 Å². The number of nitrogens with one attached hydrogen (secondary N) is 1. The maximum atomic E-state index is 5.69. The molecule has 0 aromatic carbocycles. The Morgan fingerprint density at radius 3 is 2.25 bits per heavy atom. The highest BCUT2D eigenvalue weighted by molar-refractivity contribution is 5.08. The second kappa shape index (κ2) is 4.62. The van der Waals surface area contributed by atoms with Gasteiger partial charge in [-0.15, -0.1) is 0 Å². The summed E-state index contributed by atoms with van der Waals surface area (Å²) in [7, 11) is 0. The number of rotatable bonds is 4. The fourth-order valence-corrected chi connectivity index (χ4v) is 5.76. The quantitative estimate of drug-likeness (QED) is 0.885. The normalized spacial score (nSPS) is 40.2. The summed E-state index contributed by atoms with van der Waals surface area (Å²) in [6.45, 7) is 5.33. The zero-order valence-electron chi connectivity index (χ0n) is 12.8. The topological polar surface area (TPSA) is 25.2 Å². The largest absolute Gasteiger partial charge is 0.465 e. The molecule has 0 radical (unpaired) electrons. The minimum absolute atomic E-state index is 0.594. The van der Waals surface area contributed by atoms with Crippen LogP contribution in [0.1, 0.15) is 57.0 Å². The zero-order chi connectivity index (χ0) is 13.7. The summed E-state index contributed by atoms with van der Waals surface area (Å²) in [6, 6.07) is 4.79. The molecule has 2 heteroatoms. The van der Waals surface area contributed by atoms with Gasteiger partial charge in [0.1, 0.15) is 11.5 Å². The molecule has 4 saturated carbocycles. The third-order valence-electron chi connectivity index (χ3n) is 6.38. The number of hydrogen-bond donors (Lipinski definition) is 1. The molecule has 1 aromatic heterocycles. The van der Waals surface area contributed by atoms with E-state index in [1.54, 1.807) is 0 Å². The van der Waals surface area contributed by atoms with E-state index in [9.17, 15) is 0 Å². The summed E-state index contributed by atoms with van der Waals surface area (Å²) in [5.41, 5.74) is 0.594. The van der Waals surface area contributed by atoms with Crippen LogP contribution in [0.15, 0.2) is 16.5 Å². The van der Waals surface area contributed by atoms with Crippen molar-refractivity contribution in [3.05, 3.63) is 23.7 Å². The number of hydrogen-bond acceptors (Lipinski definition) is 2. The lowest BCUT2D eigenvalue weighted by Gasteiger charge is -2.59. The van der Waals surface area contributed by atoms with Crippen LogP contribution in [-0.2, 0) is 6.54 Å². The molecule has 1 aromatic rings. The Morgan fingerprint density at radius 2 is 1.75 bits per heavy atom. The Morgan fingerprint density at radius 1 is 1.15 bits per heavy atom. The minimum Gasteiger partial charge on any atom is -0.465 e. The van der Waals surface area contributed by atoms with Crippen molar-refractivity contribution in [1.29, 1.82) is 0 Å². The van der Waals surface area contributed by atoms with E-state index < -0.39 is 0 Å². The van der Waals surface area contributed by atoms with Crippen LogP contribution in [0.4, 0.5) is 0 Å². The average Bonchev–Trinajstić information content (AvgIpc) is 2.80. The molecule has 4 fully saturated rings. The van der Waals surface area contributed by atoms with Crippen LogP contribution < -0.4 is 5.32 Å². The minimum atomic E-state index is 0.594. The van der Waals surface area contributed by atoms with Gasteiger partial charge in [-0.05, 0) is 87.7 Å². The van der Waals surface area contributed by atoms with E-state index in [0.29, 0.717) is 11.5 Å². The van der Waals surface area contributed by atoms with E-state index in [4.69, 9.17) is 4.42 Å². The van der Waals surface area contributed by atoms with Crippen molar-refractivity contribution in [2.45, 2.75) is 65.0 Å². The van der Waals surface area contributed by atoms with E-state index in [0.717, 1.165) is 35.8 Å². The third-order valence-corrected chi connectivity index (χ3v) is 6.38. The highest BCUT2D eigenvalue weighted by atomic mass is 16.3. The van der Waals surface area contributed by atoms with Crippen LogP contribution in [0.25, 0.3) is 0 Å². The lowest BCUT2D eigenvalue weighted by molar-refractivity contribution is -0.0708. The van der Waals surface area contributed by atoms with Gasteiger partial charge in [0.25, 0.3) is 0 Å². The van der Waals surface area contributed by atoms with Crippen molar-refractivity contribution in [2.75, 3.05) is 0 Å². The van der Waals surface area contributed by atoms with E-state index in [-0.39, 0.29) is 0 Å². The molecule has 1 atom stereocenters. The molecular weight excluding hydrogens is 246 g/mol. The van der Waals surface area contributed by atoms with Crippen LogP contribution in [0.5, 0.6) is 0 Å². The molecule has 1 heterocycles. The Kier molecular flexibility index (Phi) is 2.99. The molecule has 2 nitrogen and oxygen atoms in total. The SMILES string of the molecule is Cc1ccc(CN[C@H](C)C23CC4CC(CC(C4)C2)C3)o1. The maximum Gasteiger partial charge on any atom is 0.117 e. The van der Waals surface area contributed by atoms with Gasteiger partial charge in [-0.1, -0.05) is 0 Å². The van der Waals surface area contributed by atoms with Crippen molar-refractivity contribution >= 4 is 0 Å². The molecule has 0 spiro atoms. The summed E-state index contributed by atoms with van der Waals surface area (Å²) in [5.74, 6) is 5.22. The standard InChI is InChI=1S/C18H27NO/c1-12-3-4-17(20-12)11-19-13(2)18-8-14-5-15(9-18)7-16(6-14)10-18/h3-4,13-16,19H,5-11H2,1-2H3/t13-,14?,15?,16?,18?/m1/s1. The van der Waals surface area contributed by atoms with E-state index >= 15 is 0 Å². The van der Waals surface area contributed by atoms with Gasteiger partial charge in [0.2, 0.25) is 0 Å². The highest BCUT2D eigenvalue weighted by Gasteiger charge is 2.52. The fourth-order valence-electron chi connectivity index (χ4n) is 5.76. The first-order valence-corrected chi connectivity index (χ1v) is 8.42. The van der Waals surface area contributed by atoms with Crippen LogP contribution in [0.2, 0.25) is 0 Å². The average molecular weight is 273 g/mol. The molecule has 110 valence electrons. The smallest absolute Gasteiger partial charge is 0.117 e. The number of aryl methyl sites for hydroxylation is 1. The summed E-state index contributed by atoms with van der Waals surface area (Å²) >= 11 is 0. The molecule has 0 saturated heterocycles. The predicted octanol–water partition coefficient (Wildman–Crippen LogP) is 4.28. The summed E-state index contributed by atoms with van der Waals surface area (Å²) in [6.07, 6.45) is 9.02. The first-order valence-electron chi connectivity index (χ1n) is 8.42. The Balaban J connectivity index is 1.44. The zero-order valence-corrected chi connectivity index (χ0v) is 12.8. The first kappa shape index (κ1) is 12.9. The van der Waals surface area contributed by atoms with Crippen molar-refractivity contribution in [3.8, 4) is 0 Å². The van der Waals surface area contributed by atoms with Crippen LogP contribution in [-0.4, -0.2) is 6.04 Å². The van der Waals surface area contributed by atoms with Crippen molar-refractivity contribution < 1.29 is 4.42 Å². The maximum absolute atomic E-state index is 5.69. The van der Waals surface area contributed by atoms with Gasteiger partial charge in [0.15, 0.2) is 0 Å². The predicted molar refractivity (Wildman–Crippen MR) is 80.4 cm³/mol. The third kappa shape index (κ3) is 2.13. The lowest BCUT2D eigenvalue weighted by atomic mass is 9.48. The lowest BCUT2D eigenvalue weighted by Crippen LogP contribution is -2.54. The van der Waals surface area contributed by atoms with Gasteiger partial charge in [0, 0.05) is 6.04 Å². The van der Waals surface area contributed by atoms with Gasteiger partial charge >= 0.3 is 0 Å². The molecular formula is C18H27NO. The van der Waals surface area contributed by atoms with Crippen molar-refractivity contribution in [2.24, 2.45) is 23.2 Å². The van der Waals surface area contributed by atoms with E-state index in [2.05, 4.69) is 24.4 Å². The van der Waals surface area contributed by atoms with Crippen molar-refractivity contribution in [1.82, 2.24) is 5.32 Å². The highest BCUT2D eigenvalue weighted by Crippen LogP contribution is 2.61. The van der Waals surface area contributed by atoms with Crippen molar-refractivity contribution in [3.63, 3.8) is 0 Å². The summed E-state index contributed by atoms with van der Waals surface area (Å²) in [4.78, 5) is 0. The number of furan rings is 1. The van der Waals surface area contributed by atoms with Gasteiger partial charge in [-0.3, -0.25) is 0 Å². The fraction of sp³-hybridized carbons (Fsp3) is 0.778. The molecule has 5 rings (SSSR count). The van der Waals surface area contributed by atoms with Gasteiger partial charge < -0.3 is 9.73 Å².